The van der Waals surface area contributed by atoms with E-state index in [4.69, 9.17) is 9.47 Å². The lowest BCUT2D eigenvalue weighted by Crippen LogP contribution is -2.12. The summed E-state index contributed by atoms with van der Waals surface area (Å²) < 4.78 is 10.9. The molecule has 0 amide bonds. The summed E-state index contributed by atoms with van der Waals surface area (Å²) in [6.07, 6.45) is 0. The van der Waals surface area contributed by atoms with Crippen LogP contribution in [0.1, 0.15) is 23.6 Å². The number of aryl methyl sites for hydroxylation is 1. The van der Waals surface area contributed by atoms with Gasteiger partial charge in [-0.2, -0.15) is 11.3 Å². The lowest BCUT2D eigenvalue weighted by Gasteiger charge is -2.11. The first-order valence-electron chi connectivity index (χ1n) is 6.76. The molecule has 0 aliphatic heterocycles. The molecule has 0 aliphatic rings. The maximum atomic E-state index is 5.52. The topological polar surface area (TPSA) is 30.5 Å². The number of hydrogen-bond donors (Lipinski definition) is 1. The van der Waals surface area contributed by atoms with Crippen LogP contribution in [0.5, 0.6) is 11.5 Å². The third kappa shape index (κ3) is 3.74. The zero-order chi connectivity index (χ0) is 14.4. The maximum absolute atomic E-state index is 5.52. The Morgan fingerprint density at radius 1 is 1.15 bits per heavy atom. The van der Waals surface area contributed by atoms with Crippen molar-refractivity contribution in [3.63, 3.8) is 0 Å². The first kappa shape index (κ1) is 14.9. The predicted octanol–water partition coefficient (Wildman–Crippen LogP) is 3.75. The van der Waals surface area contributed by atoms with E-state index in [-0.39, 0.29) is 0 Å². The highest BCUT2D eigenvalue weighted by Gasteiger charge is 2.05. The molecule has 0 spiro atoms. The molecule has 1 heterocycles. The highest BCUT2D eigenvalue weighted by Crippen LogP contribution is 2.28. The number of rotatable bonds is 7. The summed E-state index contributed by atoms with van der Waals surface area (Å²) in [6.45, 7) is 6.47. The predicted molar refractivity (Wildman–Crippen MR) is 83.8 cm³/mol. The molecule has 0 atom stereocenters. The van der Waals surface area contributed by atoms with Crippen molar-refractivity contribution in [3.05, 3.63) is 45.6 Å². The Morgan fingerprint density at radius 3 is 2.65 bits per heavy atom. The Morgan fingerprint density at radius 2 is 2.00 bits per heavy atom. The van der Waals surface area contributed by atoms with E-state index in [0.717, 1.165) is 24.6 Å². The van der Waals surface area contributed by atoms with Crippen LogP contribution in [0.4, 0.5) is 0 Å². The Labute approximate surface area is 124 Å². The third-order valence-corrected chi connectivity index (χ3v) is 4.04. The van der Waals surface area contributed by atoms with Gasteiger partial charge in [-0.1, -0.05) is 6.07 Å². The number of methoxy groups -OCH3 is 1. The normalized spacial score (nSPS) is 10.6. The van der Waals surface area contributed by atoms with Crippen LogP contribution in [0.15, 0.2) is 29.0 Å². The molecule has 0 radical (unpaired) electrons. The molecule has 3 nitrogen and oxygen atoms in total. The molecule has 0 saturated heterocycles. The van der Waals surface area contributed by atoms with Gasteiger partial charge in [0.25, 0.3) is 0 Å². The van der Waals surface area contributed by atoms with Crippen LogP contribution in [0.2, 0.25) is 0 Å². The van der Waals surface area contributed by atoms with E-state index in [1.165, 1.54) is 16.7 Å². The Hall–Kier alpha value is -1.52. The van der Waals surface area contributed by atoms with Crippen LogP contribution in [0.3, 0.4) is 0 Å². The molecule has 0 fully saturated rings. The fraction of sp³-hybridized carbons (Fsp3) is 0.375. The molecule has 108 valence electrons. The van der Waals surface area contributed by atoms with Gasteiger partial charge in [0.15, 0.2) is 11.5 Å². The molecule has 1 N–H and O–H groups in total. The maximum Gasteiger partial charge on any atom is 0.161 e. The zero-order valence-electron chi connectivity index (χ0n) is 12.2. The quantitative estimate of drug-likeness (QED) is 0.842. The molecular formula is C16H21NO2S. The summed E-state index contributed by atoms with van der Waals surface area (Å²) in [5.41, 5.74) is 3.91. The van der Waals surface area contributed by atoms with Gasteiger partial charge in [0, 0.05) is 13.1 Å². The third-order valence-electron chi connectivity index (χ3n) is 3.13. The van der Waals surface area contributed by atoms with E-state index in [0.29, 0.717) is 6.61 Å². The zero-order valence-corrected chi connectivity index (χ0v) is 13.0. The highest BCUT2D eigenvalue weighted by atomic mass is 32.1. The highest BCUT2D eigenvalue weighted by molar-refractivity contribution is 7.08. The van der Waals surface area contributed by atoms with Crippen molar-refractivity contribution in [2.45, 2.75) is 26.9 Å². The van der Waals surface area contributed by atoms with Crippen LogP contribution in [0, 0.1) is 6.92 Å². The summed E-state index contributed by atoms with van der Waals surface area (Å²) in [5.74, 6) is 1.59. The van der Waals surface area contributed by atoms with Crippen molar-refractivity contribution in [2.24, 2.45) is 0 Å². The second-order valence-electron chi connectivity index (χ2n) is 4.60. The number of nitrogens with one attached hydrogen (secondary N) is 1. The minimum absolute atomic E-state index is 0.644. The number of ether oxygens (including phenoxy) is 2. The lowest BCUT2D eigenvalue weighted by atomic mass is 10.2. The second-order valence-corrected chi connectivity index (χ2v) is 5.35. The average molecular weight is 291 g/mol. The van der Waals surface area contributed by atoms with Gasteiger partial charge < -0.3 is 14.8 Å². The van der Waals surface area contributed by atoms with Crippen molar-refractivity contribution in [3.8, 4) is 11.5 Å². The molecule has 20 heavy (non-hydrogen) atoms. The Bertz CT molecular complexity index is 551. The average Bonchev–Trinajstić information content (AvgIpc) is 2.86. The van der Waals surface area contributed by atoms with Crippen LogP contribution in [0.25, 0.3) is 0 Å². The SMILES string of the molecule is CCOc1ccc(CNCc2cscc2C)cc1OC. The van der Waals surface area contributed by atoms with Gasteiger partial charge >= 0.3 is 0 Å². The van der Waals surface area contributed by atoms with Crippen molar-refractivity contribution in [2.75, 3.05) is 13.7 Å². The molecule has 4 heteroatoms. The van der Waals surface area contributed by atoms with Crippen LogP contribution in [-0.2, 0) is 13.1 Å². The molecule has 0 bridgehead atoms. The number of benzene rings is 1. The van der Waals surface area contributed by atoms with Gasteiger partial charge in [0.1, 0.15) is 0 Å². The van der Waals surface area contributed by atoms with Crippen molar-refractivity contribution >= 4 is 11.3 Å². The van der Waals surface area contributed by atoms with Gasteiger partial charge in [-0.3, -0.25) is 0 Å². The smallest absolute Gasteiger partial charge is 0.161 e. The van der Waals surface area contributed by atoms with E-state index in [2.05, 4.69) is 29.1 Å². The molecular weight excluding hydrogens is 270 g/mol. The van der Waals surface area contributed by atoms with Crippen LogP contribution >= 0.6 is 11.3 Å². The van der Waals surface area contributed by atoms with E-state index >= 15 is 0 Å². The molecule has 1 aromatic carbocycles. The largest absolute Gasteiger partial charge is 0.493 e. The van der Waals surface area contributed by atoms with E-state index in [1.54, 1.807) is 18.4 Å². The summed E-state index contributed by atoms with van der Waals surface area (Å²) in [7, 11) is 1.67. The van der Waals surface area contributed by atoms with E-state index < -0.39 is 0 Å². The standard InChI is InChI=1S/C16H21NO2S/c1-4-19-15-6-5-13(7-16(15)18-3)8-17-9-14-11-20-10-12(14)2/h5-7,10-11,17H,4,8-9H2,1-3H3. The van der Waals surface area contributed by atoms with Crippen LogP contribution in [-0.4, -0.2) is 13.7 Å². The Kier molecular flexibility index (Phi) is 5.44. The van der Waals surface area contributed by atoms with Crippen molar-refractivity contribution in [1.82, 2.24) is 5.32 Å². The second kappa shape index (κ2) is 7.31. The summed E-state index contributed by atoms with van der Waals surface area (Å²) >= 11 is 1.75. The summed E-state index contributed by atoms with van der Waals surface area (Å²) in [4.78, 5) is 0. The Balaban J connectivity index is 1.94. The summed E-state index contributed by atoms with van der Waals surface area (Å²) in [5, 5.41) is 7.83. The first-order chi connectivity index (χ1) is 9.74. The fourth-order valence-electron chi connectivity index (χ4n) is 2.01. The molecule has 1 aromatic heterocycles. The van der Waals surface area contributed by atoms with E-state index in [9.17, 15) is 0 Å². The molecule has 0 aliphatic carbocycles. The monoisotopic (exact) mass is 291 g/mol. The minimum atomic E-state index is 0.644. The lowest BCUT2D eigenvalue weighted by molar-refractivity contribution is 0.310. The summed E-state index contributed by atoms with van der Waals surface area (Å²) in [6, 6.07) is 6.06. The van der Waals surface area contributed by atoms with Crippen LogP contribution < -0.4 is 14.8 Å². The molecule has 0 unspecified atom stereocenters. The van der Waals surface area contributed by atoms with Gasteiger partial charge in [-0.15, -0.1) is 0 Å². The van der Waals surface area contributed by atoms with Gasteiger partial charge in [-0.25, -0.2) is 0 Å². The van der Waals surface area contributed by atoms with E-state index in [1.807, 2.05) is 19.1 Å². The number of hydrogen-bond acceptors (Lipinski definition) is 4. The van der Waals surface area contributed by atoms with Gasteiger partial charge in [0.05, 0.1) is 13.7 Å². The minimum Gasteiger partial charge on any atom is -0.493 e. The van der Waals surface area contributed by atoms with Gasteiger partial charge in [-0.05, 0) is 53.4 Å². The van der Waals surface area contributed by atoms with Crippen molar-refractivity contribution < 1.29 is 9.47 Å². The fourth-order valence-corrected chi connectivity index (χ4v) is 2.86. The van der Waals surface area contributed by atoms with Gasteiger partial charge in [0.2, 0.25) is 0 Å². The molecule has 0 saturated carbocycles. The number of thiophene rings is 1. The first-order valence-corrected chi connectivity index (χ1v) is 7.71. The van der Waals surface area contributed by atoms with Crippen molar-refractivity contribution in [1.29, 1.82) is 0 Å². The molecule has 2 aromatic rings. The molecule has 2 rings (SSSR count).